The first-order chi connectivity index (χ1) is 17.9. The summed E-state index contributed by atoms with van der Waals surface area (Å²) in [6.07, 6.45) is 3.55. The number of hydrogen-bond acceptors (Lipinski definition) is 3. The van der Waals surface area contributed by atoms with Crippen molar-refractivity contribution in [2.75, 3.05) is 26.2 Å². The number of urea groups is 1. The first-order valence-electron chi connectivity index (χ1n) is 13.4. The Kier molecular flexibility index (Phi) is 7.04. The summed E-state index contributed by atoms with van der Waals surface area (Å²) >= 11 is 0. The molecule has 37 heavy (non-hydrogen) atoms. The van der Waals surface area contributed by atoms with Crippen LogP contribution in [0.1, 0.15) is 54.5 Å². The number of hydrogen-bond donors (Lipinski definition) is 1. The molecule has 1 N–H and O–H groups in total. The lowest BCUT2D eigenvalue weighted by molar-refractivity contribution is -0.143. The summed E-state index contributed by atoms with van der Waals surface area (Å²) in [5, 5.41) is 3.08. The molecule has 1 fully saturated rings. The molecule has 0 aliphatic carbocycles. The van der Waals surface area contributed by atoms with Crippen molar-refractivity contribution in [3.63, 3.8) is 0 Å². The number of piperidine rings is 1. The van der Waals surface area contributed by atoms with E-state index in [0.717, 1.165) is 54.6 Å². The Morgan fingerprint density at radius 1 is 1.03 bits per heavy atom. The molecule has 0 spiro atoms. The summed E-state index contributed by atoms with van der Waals surface area (Å²) in [7, 11) is 0. The number of carbonyl (C=O) groups is 3. The highest BCUT2D eigenvalue weighted by Crippen LogP contribution is 2.38. The normalized spacial score (nSPS) is 20.7. The van der Waals surface area contributed by atoms with Gasteiger partial charge in [-0.25, -0.2) is 4.79 Å². The topological polar surface area (TPSA) is 73.0 Å². The molecule has 2 aromatic carbocycles. The van der Waals surface area contributed by atoms with Crippen LogP contribution in [0.5, 0.6) is 0 Å². The average Bonchev–Trinajstić information content (AvgIpc) is 3.24. The highest BCUT2D eigenvalue weighted by atomic mass is 16.2. The van der Waals surface area contributed by atoms with Gasteiger partial charge in [0.2, 0.25) is 5.91 Å². The summed E-state index contributed by atoms with van der Waals surface area (Å²) in [4.78, 5) is 46.6. The molecule has 7 nitrogen and oxygen atoms in total. The quantitative estimate of drug-likeness (QED) is 0.649. The zero-order chi connectivity index (χ0) is 26.1. The Labute approximate surface area is 219 Å². The molecule has 3 aliphatic heterocycles. The maximum atomic E-state index is 14.2. The monoisotopic (exact) mass is 500 g/mol. The second-order valence-corrected chi connectivity index (χ2v) is 10.4. The van der Waals surface area contributed by atoms with Crippen LogP contribution in [0.4, 0.5) is 4.79 Å². The number of nitrogens with one attached hydrogen (secondary N) is 1. The summed E-state index contributed by atoms with van der Waals surface area (Å²) < 4.78 is 0. The van der Waals surface area contributed by atoms with E-state index in [2.05, 4.69) is 11.4 Å². The molecule has 1 saturated heterocycles. The van der Waals surface area contributed by atoms with Gasteiger partial charge in [-0.1, -0.05) is 54.1 Å². The van der Waals surface area contributed by atoms with Crippen LogP contribution in [0.15, 0.2) is 59.8 Å². The highest BCUT2D eigenvalue weighted by Gasteiger charge is 2.47. The van der Waals surface area contributed by atoms with Gasteiger partial charge in [-0.15, -0.1) is 0 Å². The van der Waals surface area contributed by atoms with Crippen LogP contribution in [-0.2, 0) is 16.0 Å². The number of nitrogens with zero attached hydrogens (tertiary/aromatic N) is 3. The van der Waals surface area contributed by atoms with E-state index >= 15 is 0 Å². The Hall–Kier alpha value is -3.61. The Morgan fingerprint density at radius 3 is 2.43 bits per heavy atom. The SMILES string of the molecule is CCN1C(=O)NC(c2ccc(C)cc2C)C2=C1CN(C(Cc1ccccc1)C(=O)N1CCCCC1)C2=O. The largest absolute Gasteiger partial charge is 0.341 e. The fraction of sp³-hybridized carbons (Fsp3) is 0.433. The molecule has 4 amide bonds. The van der Waals surface area contributed by atoms with Gasteiger partial charge in [0, 0.05) is 26.1 Å². The maximum Gasteiger partial charge on any atom is 0.322 e. The van der Waals surface area contributed by atoms with E-state index in [0.29, 0.717) is 24.2 Å². The minimum absolute atomic E-state index is 0.00199. The summed E-state index contributed by atoms with van der Waals surface area (Å²) in [5.41, 5.74) is 5.38. The Bertz CT molecular complexity index is 1230. The first kappa shape index (κ1) is 25.1. The van der Waals surface area contributed by atoms with E-state index < -0.39 is 12.1 Å². The van der Waals surface area contributed by atoms with Crippen molar-refractivity contribution in [3.05, 3.63) is 82.1 Å². The number of benzene rings is 2. The van der Waals surface area contributed by atoms with Gasteiger partial charge in [0.15, 0.2) is 0 Å². The van der Waals surface area contributed by atoms with Gasteiger partial charge in [0.1, 0.15) is 6.04 Å². The molecule has 0 bridgehead atoms. The van der Waals surface area contributed by atoms with E-state index in [4.69, 9.17) is 0 Å². The van der Waals surface area contributed by atoms with Crippen molar-refractivity contribution in [2.45, 2.75) is 58.5 Å². The Balaban J connectivity index is 1.53. The predicted octanol–water partition coefficient (Wildman–Crippen LogP) is 4.11. The van der Waals surface area contributed by atoms with Crippen LogP contribution in [0, 0.1) is 13.8 Å². The molecular formula is C30H36N4O3. The molecule has 0 radical (unpaired) electrons. The van der Waals surface area contributed by atoms with Gasteiger partial charge in [-0.3, -0.25) is 14.5 Å². The molecule has 194 valence electrons. The van der Waals surface area contributed by atoms with Gasteiger partial charge in [0.05, 0.1) is 23.9 Å². The molecule has 7 heteroatoms. The van der Waals surface area contributed by atoms with Crippen LogP contribution in [-0.4, -0.2) is 64.8 Å². The third kappa shape index (κ3) is 4.75. The molecule has 0 aromatic heterocycles. The van der Waals surface area contributed by atoms with Crippen LogP contribution in [0.25, 0.3) is 0 Å². The molecule has 2 unspecified atom stereocenters. The minimum Gasteiger partial charge on any atom is -0.341 e. The van der Waals surface area contributed by atoms with E-state index in [1.54, 1.807) is 9.80 Å². The lowest BCUT2D eigenvalue weighted by Gasteiger charge is -2.35. The van der Waals surface area contributed by atoms with Crippen molar-refractivity contribution >= 4 is 17.8 Å². The zero-order valence-electron chi connectivity index (χ0n) is 22.0. The molecule has 0 saturated carbocycles. The average molecular weight is 501 g/mol. The third-order valence-corrected chi connectivity index (χ3v) is 7.90. The lowest BCUT2D eigenvalue weighted by atomic mass is 9.91. The molecule has 3 heterocycles. The van der Waals surface area contributed by atoms with Gasteiger partial charge in [-0.2, -0.15) is 0 Å². The Morgan fingerprint density at radius 2 is 1.76 bits per heavy atom. The van der Waals surface area contributed by atoms with Crippen molar-refractivity contribution in [3.8, 4) is 0 Å². The zero-order valence-corrected chi connectivity index (χ0v) is 22.0. The van der Waals surface area contributed by atoms with Crippen LogP contribution in [0.3, 0.4) is 0 Å². The van der Waals surface area contributed by atoms with Crippen LogP contribution in [0.2, 0.25) is 0 Å². The first-order valence-corrected chi connectivity index (χ1v) is 13.4. The summed E-state index contributed by atoms with van der Waals surface area (Å²) in [6.45, 7) is 8.12. The van der Waals surface area contributed by atoms with E-state index in [-0.39, 0.29) is 24.4 Å². The third-order valence-electron chi connectivity index (χ3n) is 7.90. The standard InChI is InChI=1S/C30H36N4O3/c1-4-33-25-19-34(24(18-22-11-7-5-8-12-22)28(35)32-15-9-6-10-16-32)29(36)26(25)27(31-30(33)37)23-14-13-20(2)17-21(23)3/h5,7-8,11-14,17,24,27H,4,6,9-10,15-16,18-19H2,1-3H3,(H,31,37). The fourth-order valence-corrected chi connectivity index (χ4v) is 5.98. The van der Waals surface area contributed by atoms with Gasteiger partial charge < -0.3 is 15.1 Å². The number of carbonyl (C=O) groups excluding carboxylic acids is 3. The smallest absolute Gasteiger partial charge is 0.322 e. The maximum absolute atomic E-state index is 14.2. The lowest BCUT2D eigenvalue weighted by Crippen LogP contribution is -2.52. The van der Waals surface area contributed by atoms with Crippen molar-refractivity contribution < 1.29 is 14.4 Å². The van der Waals surface area contributed by atoms with Gasteiger partial charge in [-0.05, 0) is 56.7 Å². The molecular weight excluding hydrogens is 464 g/mol. The molecule has 5 rings (SSSR count). The second-order valence-electron chi connectivity index (χ2n) is 10.4. The van der Waals surface area contributed by atoms with Crippen molar-refractivity contribution in [2.24, 2.45) is 0 Å². The van der Waals surface area contributed by atoms with Gasteiger partial charge in [0.25, 0.3) is 5.91 Å². The summed E-state index contributed by atoms with van der Waals surface area (Å²) in [6, 6.07) is 14.6. The molecule has 2 atom stereocenters. The second kappa shape index (κ2) is 10.4. The molecule has 3 aliphatic rings. The van der Waals surface area contributed by atoms with E-state index in [1.165, 1.54) is 0 Å². The highest BCUT2D eigenvalue weighted by molar-refractivity contribution is 6.03. The minimum atomic E-state index is -0.618. The number of amides is 4. The van der Waals surface area contributed by atoms with Crippen LogP contribution >= 0.6 is 0 Å². The predicted molar refractivity (Wildman–Crippen MR) is 143 cm³/mol. The number of rotatable bonds is 6. The fourth-order valence-electron chi connectivity index (χ4n) is 5.98. The number of likely N-dealkylation sites (N-methyl/N-ethyl adjacent to an activating group) is 1. The van der Waals surface area contributed by atoms with Crippen molar-refractivity contribution in [1.82, 2.24) is 20.0 Å². The van der Waals surface area contributed by atoms with Crippen LogP contribution < -0.4 is 5.32 Å². The molecule has 2 aromatic rings. The van der Waals surface area contributed by atoms with Gasteiger partial charge >= 0.3 is 6.03 Å². The van der Waals surface area contributed by atoms with E-state index in [9.17, 15) is 14.4 Å². The van der Waals surface area contributed by atoms with Crippen molar-refractivity contribution in [1.29, 1.82) is 0 Å². The number of aryl methyl sites for hydroxylation is 2. The van der Waals surface area contributed by atoms with E-state index in [1.807, 2.05) is 68.1 Å². The summed E-state index contributed by atoms with van der Waals surface area (Å²) in [5.74, 6) is -0.160. The number of likely N-dealkylation sites (tertiary alicyclic amines) is 1.